The Morgan fingerprint density at radius 3 is 2.95 bits per heavy atom. The van der Waals surface area contributed by atoms with Gasteiger partial charge in [-0.05, 0) is 24.6 Å². The van der Waals surface area contributed by atoms with Gasteiger partial charge in [0.25, 0.3) is 0 Å². The topological polar surface area (TPSA) is 85.8 Å². The molecule has 0 saturated heterocycles. The quantitative estimate of drug-likeness (QED) is 0.776. The fourth-order valence-electron chi connectivity index (χ4n) is 2.12. The third-order valence-corrected chi connectivity index (χ3v) is 3.39. The van der Waals surface area contributed by atoms with Crippen molar-refractivity contribution in [3.8, 4) is 11.3 Å². The molecule has 0 aliphatic heterocycles. The molecule has 0 aliphatic rings. The smallest absolute Gasteiger partial charge is 0.328 e. The largest absolute Gasteiger partial charge is 0.480 e. The predicted molar refractivity (Wildman–Crippen MR) is 79.1 cm³/mol. The first kappa shape index (κ1) is 14.0. The minimum atomic E-state index is -0.941. The van der Waals surface area contributed by atoms with E-state index in [1.807, 2.05) is 41.2 Å². The number of hydrogen-bond donors (Lipinski definition) is 1. The van der Waals surface area contributed by atoms with Crippen LogP contribution in [0.3, 0.4) is 0 Å². The van der Waals surface area contributed by atoms with E-state index in [0.29, 0.717) is 12.2 Å². The van der Waals surface area contributed by atoms with Crippen LogP contribution < -0.4 is 0 Å². The zero-order chi connectivity index (χ0) is 15.5. The molecule has 112 valence electrons. The molecule has 2 heterocycles. The van der Waals surface area contributed by atoms with Crippen LogP contribution in [-0.2, 0) is 11.3 Å². The van der Waals surface area contributed by atoms with Crippen LogP contribution >= 0.6 is 0 Å². The number of carbonyl (C=O) groups is 1. The van der Waals surface area contributed by atoms with Crippen LogP contribution in [0.25, 0.3) is 11.3 Å². The molecule has 1 aromatic carbocycles. The molecule has 0 aliphatic carbocycles. The number of aliphatic carboxylic acids is 1. The minimum Gasteiger partial charge on any atom is -0.480 e. The molecule has 22 heavy (non-hydrogen) atoms. The SMILES string of the molecule is C[C@@H](C(=O)O)n1cc(-c2cccc(Cn3cccn3)c2)nn1. The van der Waals surface area contributed by atoms with Crippen molar-refractivity contribution in [1.82, 2.24) is 24.8 Å². The van der Waals surface area contributed by atoms with Gasteiger partial charge in [0, 0.05) is 18.0 Å². The second-order valence-electron chi connectivity index (χ2n) is 5.00. The average molecular weight is 297 g/mol. The molecular weight excluding hydrogens is 282 g/mol. The second kappa shape index (κ2) is 5.80. The van der Waals surface area contributed by atoms with Crippen LogP contribution in [0.1, 0.15) is 18.5 Å². The molecule has 0 spiro atoms. The van der Waals surface area contributed by atoms with E-state index in [4.69, 9.17) is 5.11 Å². The van der Waals surface area contributed by atoms with Gasteiger partial charge in [-0.25, -0.2) is 9.48 Å². The van der Waals surface area contributed by atoms with E-state index in [-0.39, 0.29) is 0 Å². The zero-order valence-corrected chi connectivity index (χ0v) is 12.0. The molecule has 0 amide bonds. The standard InChI is InChI=1S/C15H15N5O2/c1-11(15(21)22)20-10-14(17-18-20)13-5-2-4-12(8-13)9-19-7-3-6-16-19/h2-8,10-11H,9H2,1H3,(H,21,22)/t11-/m0/s1. The Morgan fingerprint density at radius 2 is 2.23 bits per heavy atom. The summed E-state index contributed by atoms with van der Waals surface area (Å²) < 4.78 is 3.18. The Hall–Kier alpha value is -2.96. The Kier molecular flexibility index (Phi) is 3.69. The summed E-state index contributed by atoms with van der Waals surface area (Å²) in [6.07, 6.45) is 5.28. The van der Waals surface area contributed by atoms with Gasteiger partial charge >= 0.3 is 5.97 Å². The molecule has 0 saturated carbocycles. The highest BCUT2D eigenvalue weighted by atomic mass is 16.4. The van der Waals surface area contributed by atoms with E-state index < -0.39 is 12.0 Å². The summed E-state index contributed by atoms with van der Waals surface area (Å²) in [5.41, 5.74) is 2.63. The first-order chi connectivity index (χ1) is 10.6. The van der Waals surface area contributed by atoms with Crippen LogP contribution in [0.5, 0.6) is 0 Å². The van der Waals surface area contributed by atoms with Crippen LogP contribution in [0, 0.1) is 0 Å². The first-order valence-corrected chi connectivity index (χ1v) is 6.85. The lowest BCUT2D eigenvalue weighted by molar-refractivity contribution is -0.140. The maximum absolute atomic E-state index is 11.0. The molecule has 0 radical (unpaired) electrons. The monoisotopic (exact) mass is 297 g/mol. The number of hydrogen-bond acceptors (Lipinski definition) is 4. The maximum Gasteiger partial charge on any atom is 0.328 e. The molecule has 0 unspecified atom stereocenters. The lowest BCUT2D eigenvalue weighted by atomic mass is 10.1. The minimum absolute atomic E-state index is 0.649. The van der Waals surface area contributed by atoms with E-state index in [2.05, 4.69) is 15.4 Å². The molecule has 0 fully saturated rings. The highest BCUT2D eigenvalue weighted by Gasteiger charge is 2.15. The van der Waals surface area contributed by atoms with Crippen molar-refractivity contribution in [3.63, 3.8) is 0 Å². The van der Waals surface area contributed by atoms with Gasteiger partial charge in [0.05, 0.1) is 12.7 Å². The van der Waals surface area contributed by atoms with Crippen molar-refractivity contribution in [2.75, 3.05) is 0 Å². The first-order valence-electron chi connectivity index (χ1n) is 6.85. The molecule has 1 N–H and O–H groups in total. The fraction of sp³-hybridized carbons (Fsp3) is 0.200. The fourth-order valence-corrected chi connectivity index (χ4v) is 2.12. The lowest BCUT2D eigenvalue weighted by Gasteiger charge is -2.05. The third kappa shape index (κ3) is 2.88. The molecule has 3 aromatic rings. The van der Waals surface area contributed by atoms with Gasteiger partial charge in [-0.3, -0.25) is 4.68 Å². The van der Waals surface area contributed by atoms with E-state index >= 15 is 0 Å². The van der Waals surface area contributed by atoms with Gasteiger partial charge in [-0.1, -0.05) is 23.4 Å². The Balaban J connectivity index is 1.84. The predicted octanol–water partition coefficient (Wildman–Crippen LogP) is 1.84. The summed E-state index contributed by atoms with van der Waals surface area (Å²) in [7, 11) is 0. The second-order valence-corrected chi connectivity index (χ2v) is 5.00. The Morgan fingerprint density at radius 1 is 1.36 bits per heavy atom. The van der Waals surface area contributed by atoms with Crippen molar-refractivity contribution in [3.05, 3.63) is 54.5 Å². The number of benzene rings is 1. The van der Waals surface area contributed by atoms with E-state index in [1.54, 1.807) is 19.3 Å². The molecule has 3 rings (SSSR count). The van der Waals surface area contributed by atoms with Crippen molar-refractivity contribution in [2.24, 2.45) is 0 Å². The molecule has 1 atom stereocenters. The van der Waals surface area contributed by atoms with Crippen molar-refractivity contribution in [2.45, 2.75) is 19.5 Å². The van der Waals surface area contributed by atoms with Crippen LogP contribution in [0.4, 0.5) is 0 Å². The molecular formula is C15H15N5O2. The van der Waals surface area contributed by atoms with E-state index in [1.165, 1.54) is 4.68 Å². The molecule has 0 bridgehead atoms. The zero-order valence-electron chi connectivity index (χ0n) is 12.0. The van der Waals surface area contributed by atoms with E-state index in [0.717, 1.165) is 11.1 Å². The molecule has 7 nitrogen and oxygen atoms in total. The Labute approximate surface area is 126 Å². The van der Waals surface area contributed by atoms with Crippen molar-refractivity contribution in [1.29, 1.82) is 0 Å². The maximum atomic E-state index is 11.0. The summed E-state index contributed by atoms with van der Waals surface area (Å²) in [6, 6.07) is 9.01. The van der Waals surface area contributed by atoms with Gasteiger partial charge in [-0.2, -0.15) is 5.10 Å². The number of aromatic nitrogens is 5. The summed E-state index contributed by atoms with van der Waals surface area (Å²) in [4.78, 5) is 11.0. The van der Waals surface area contributed by atoms with Gasteiger partial charge in [0.15, 0.2) is 0 Å². The van der Waals surface area contributed by atoms with Crippen LogP contribution in [0.2, 0.25) is 0 Å². The number of carboxylic acid groups (broad SMARTS) is 1. The number of rotatable bonds is 5. The third-order valence-electron chi connectivity index (χ3n) is 3.39. The molecule has 7 heteroatoms. The molecule has 2 aromatic heterocycles. The lowest BCUT2D eigenvalue weighted by Crippen LogP contribution is -2.15. The van der Waals surface area contributed by atoms with Crippen molar-refractivity contribution >= 4 is 5.97 Å². The summed E-state index contributed by atoms with van der Waals surface area (Å²) in [5, 5.41) is 21.1. The number of carboxylic acids is 1. The normalized spacial score (nSPS) is 12.2. The highest BCUT2D eigenvalue weighted by molar-refractivity contribution is 5.71. The highest BCUT2D eigenvalue weighted by Crippen LogP contribution is 2.19. The van der Waals surface area contributed by atoms with Gasteiger partial charge in [0.1, 0.15) is 11.7 Å². The number of nitrogens with zero attached hydrogens (tertiary/aromatic N) is 5. The van der Waals surface area contributed by atoms with Crippen molar-refractivity contribution < 1.29 is 9.90 Å². The summed E-state index contributed by atoms with van der Waals surface area (Å²) in [5.74, 6) is -0.941. The van der Waals surface area contributed by atoms with Crippen LogP contribution in [-0.4, -0.2) is 35.9 Å². The van der Waals surface area contributed by atoms with E-state index in [9.17, 15) is 4.79 Å². The van der Waals surface area contributed by atoms with Gasteiger partial charge in [0.2, 0.25) is 0 Å². The summed E-state index contributed by atoms with van der Waals surface area (Å²) >= 11 is 0. The average Bonchev–Trinajstić information content (AvgIpc) is 3.18. The summed E-state index contributed by atoms with van der Waals surface area (Å²) in [6.45, 7) is 2.23. The van der Waals surface area contributed by atoms with Gasteiger partial charge in [-0.15, -0.1) is 5.10 Å². The van der Waals surface area contributed by atoms with Crippen LogP contribution in [0.15, 0.2) is 48.9 Å². The van der Waals surface area contributed by atoms with Gasteiger partial charge < -0.3 is 5.11 Å². The Bertz CT molecular complexity index is 779.